The summed E-state index contributed by atoms with van der Waals surface area (Å²) < 4.78 is 24.3. The van der Waals surface area contributed by atoms with Crippen molar-refractivity contribution < 1.29 is 23.9 Å². The molecule has 1 atom stereocenters. The molecule has 0 radical (unpaired) electrons. The van der Waals surface area contributed by atoms with Crippen molar-refractivity contribution in [3.63, 3.8) is 0 Å². The molecule has 0 amide bonds. The first-order valence-corrected chi connectivity index (χ1v) is 14.4. The lowest BCUT2D eigenvalue weighted by atomic mass is 10.1. The van der Waals surface area contributed by atoms with Gasteiger partial charge in [-0.3, -0.25) is 4.90 Å². The molecule has 3 aromatic carbocycles. The number of rotatable bonds is 13. The molecular weight excluding hydrogens is 518 g/mol. The molecule has 6 nitrogen and oxygen atoms in total. The minimum absolute atomic E-state index is 0.0313. The van der Waals surface area contributed by atoms with E-state index in [1.54, 1.807) is 12.1 Å². The molecule has 1 saturated heterocycles. The summed E-state index contributed by atoms with van der Waals surface area (Å²) in [5.41, 5.74) is 3.03. The SMILES string of the molecule is O=C(O)C(=Cc1cc(OCCCc2ccccc2)ccc1OCCCc1ccccc1)N1CC[S+]([O-])C1=S. The molecule has 198 valence electrons. The molecule has 1 aliphatic heterocycles. The van der Waals surface area contributed by atoms with Crippen LogP contribution in [0.5, 0.6) is 11.5 Å². The Morgan fingerprint density at radius 2 is 1.55 bits per heavy atom. The maximum atomic E-state index is 12.2. The van der Waals surface area contributed by atoms with E-state index in [0.29, 0.717) is 42.6 Å². The molecule has 38 heavy (non-hydrogen) atoms. The van der Waals surface area contributed by atoms with E-state index in [4.69, 9.17) is 21.7 Å². The van der Waals surface area contributed by atoms with Crippen molar-refractivity contribution in [3.05, 3.63) is 101 Å². The van der Waals surface area contributed by atoms with Gasteiger partial charge in [0, 0.05) is 16.7 Å². The Morgan fingerprint density at radius 1 is 0.947 bits per heavy atom. The number of carbonyl (C=O) groups is 1. The molecular formula is C30H31NO5S2. The molecule has 0 aromatic heterocycles. The van der Waals surface area contributed by atoms with Gasteiger partial charge in [-0.2, -0.15) is 0 Å². The highest BCUT2D eigenvalue weighted by atomic mass is 32.2. The Labute approximate surface area is 232 Å². The first-order valence-electron chi connectivity index (χ1n) is 12.6. The molecule has 0 spiro atoms. The third-order valence-electron chi connectivity index (χ3n) is 6.13. The van der Waals surface area contributed by atoms with Gasteiger partial charge >= 0.3 is 5.97 Å². The van der Waals surface area contributed by atoms with Crippen LogP contribution in [0.25, 0.3) is 6.08 Å². The summed E-state index contributed by atoms with van der Waals surface area (Å²) in [7, 11) is 0. The third kappa shape index (κ3) is 7.84. The normalized spacial score (nSPS) is 15.5. The third-order valence-corrected chi connectivity index (χ3v) is 8.07. The molecule has 0 aliphatic carbocycles. The predicted octanol–water partition coefficient (Wildman–Crippen LogP) is 5.48. The van der Waals surface area contributed by atoms with Crippen molar-refractivity contribution in [2.24, 2.45) is 0 Å². The van der Waals surface area contributed by atoms with Crippen molar-refractivity contribution in [3.8, 4) is 11.5 Å². The largest absolute Gasteiger partial charge is 0.610 e. The van der Waals surface area contributed by atoms with Gasteiger partial charge in [-0.1, -0.05) is 60.7 Å². The molecule has 1 fully saturated rings. The maximum absolute atomic E-state index is 12.2. The number of hydrogen-bond acceptors (Lipinski definition) is 5. The summed E-state index contributed by atoms with van der Waals surface area (Å²) in [4.78, 5) is 13.6. The van der Waals surface area contributed by atoms with Crippen molar-refractivity contribution in [1.29, 1.82) is 0 Å². The van der Waals surface area contributed by atoms with Crippen molar-refractivity contribution in [2.45, 2.75) is 25.7 Å². The zero-order chi connectivity index (χ0) is 26.7. The number of benzene rings is 3. The molecule has 0 bridgehead atoms. The van der Waals surface area contributed by atoms with Gasteiger partial charge in [0.05, 0.1) is 19.8 Å². The Kier molecular flexibility index (Phi) is 10.2. The van der Waals surface area contributed by atoms with E-state index in [1.165, 1.54) is 22.1 Å². The van der Waals surface area contributed by atoms with Gasteiger partial charge in [-0.05, 0) is 73.3 Å². The molecule has 1 unspecified atom stereocenters. The summed E-state index contributed by atoms with van der Waals surface area (Å²) in [6, 6.07) is 25.8. The van der Waals surface area contributed by atoms with Crippen LogP contribution in [-0.4, -0.2) is 50.4 Å². The Bertz CT molecular complexity index is 1250. The molecule has 1 heterocycles. The molecule has 1 N–H and O–H groups in total. The predicted molar refractivity (Wildman–Crippen MR) is 155 cm³/mol. The summed E-state index contributed by atoms with van der Waals surface area (Å²) in [6.45, 7) is 1.30. The fourth-order valence-corrected chi connectivity index (χ4v) is 5.57. The standard InChI is InChI=1S/C30H31NO5S2/c32-29(33)27(31-17-20-38(34)30(31)37)22-25-21-26(35-18-7-13-23-9-3-1-4-10-23)15-16-28(25)36-19-8-14-24-11-5-2-6-12-24/h1-6,9-12,15-16,21-22H,7-8,13-14,17-20H2,(H,32,33). The lowest BCUT2D eigenvalue weighted by Crippen LogP contribution is -2.29. The minimum Gasteiger partial charge on any atom is -0.610 e. The average Bonchev–Trinajstić information content (AvgIpc) is 3.27. The number of aliphatic carboxylic acids is 1. The molecule has 3 aromatic rings. The Morgan fingerprint density at radius 3 is 2.11 bits per heavy atom. The van der Waals surface area contributed by atoms with E-state index in [0.717, 1.165) is 25.7 Å². The summed E-state index contributed by atoms with van der Waals surface area (Å²) >= 11 is 3.89. The van der Waals surface area contributed by atoms with Crippen molar-refractivity contribution >= 4 is 39.8 Å². The van der Waals surface area contributed by atoms with Crippen LogP contribution in [0.15, 0.2) is 84.6 Å². The second-order valence-electron chi connectivity index (χ2n) is 8.88. The molecule has 0 saturated carbocycles. The monoisotopic (exact) mass is 549 g/mol. The van der Waals surface area contributed by atoms with E-state index >= 15 is 0 Å². The van der Waals surface area contributed by atoms with Gasteiger partial charge in [0.15, 0.2) is 0 Å². The number of carboxylic acids is 1. The second-order valence-corrected chi connectivity index (χ2v) is 11.0. The lowest BCUT2D eigenvalue weighted by molar-refractivity contribution is -0.133. The van der Waals surface area contributed by atoms with E-state index in [1.807, 2.05) is 42.5 Å². The van der Waals surface area contributed by atoms with Crippen LogP contribution in [0.3, 0.4) is 0 Å². The second kappa shape index (κ2) is 14.0. The number of hydrogen-bond donors (Lipinski definition) is 1. The van der Waals surface area contributed by atoms with Crippen LogP contribution in [0.4, 0.5) is 0 Å². The topological polar surface area (TPSA) is 82.1 Å². The van der Waals surface area contributed by atoms with Crippen LogP contribution >= 0.6 is 12.2 Å². The maximum Gasteiger partial charge on any atom is 0.352 e. The first-order chi connectivity index (χ1) is 18.5. The zero-order valence-corrected chi connectivity index (χ0v) is 22.7. The van der Waals surface area contributed by atoms with Gasteiger partial charge in [0.1, 0.15) is 22.9 Å². The van der Waals surface area contributed by atoms with Crippen molar-refractivity contribution in [1.82, 2.24) is 4.90 Å². The Hall–Kier alpha value is -3.33. The highest BCUT2D eigenvalue weighted by Gasteiger charge is 2.35. The average molecular weight is 550 g/mol. The Balaban J connectivity index is 1.48. The first kappa shape index (κ1) is 27.7. The minimum atomic E-state index is -1.35. The number of nitrogens with zero attached hydrogens (tertiary/aromatic N) is 1. The van der Waals surface area contributed by atoms with Crippen LogP contribution < -0.4 is 9.47 Å². The molecule has 4 rings (SSSR count). The fraction of sp³-hybridized carbons (Fsp3) is 0.267. The summed E-state index contributed by atoms with van der Waals surface area (Å²) in [5, 5.41) is 9.94. The zero-order valence-electron chi connectivity index (χ0n) is 21.1. The van der Waals surface area contributed by atoms with E-state index in [2.05, 4.69) is 24.3 Å². The van der Waals surface area contributed by atoms with Crippen LogP contribution in [0, 0.1) is 0 Å². The van der Waals surface area contributed by atoms with Crippen LogP contribution in [-0.2, 0) is 28.8 Å². The van der Waals surface area contributed by atoms with Crippen LogP contribution in [0.1, 0.15) is 29.5 Å². The summed E-state index contributed by atoms with van der Waals surface area (Å²) in [5.74, 6) is 0.352. The fourth-order valence-electron chi connectivity index (χ4n) is 4.17. The van der Waals surface area contributed by atoms with Crippen LogP contribution in [0.2, 0.25) is 0 Å². The number of thiocarbonyl (C=S) groups is 1. The quantitative estimate of drug-likeness (QED) is 0.131. The highest BCUT2D eigenvalue weighted by molar-refractivity contribution is 8.17. The number of ether oxygens (including phenoxy) is 2. The van der Waals surface area contributed by atoms with E-state index in [9.17, 15) is 14.5 Å². The van der Waals surface area contributed by atoms with E-state index < -0.39 is 17.1 Å². The highest BCUT2D eigenvalue weighted by Crippen LogP contribution is 2.29. The van der Waals surface area contributed by atoms with Gasteiger partial charge in [0.25, 0.3) is 4.32 Å². The lowest BCUT2D eigenvalue weighted by Gasteiger charge is -2.17. The smallest absolute Gasteiger partial charge is 0.352 e. The number of carboxylic acid groups (broad SMARTS) is 1. The van der Waals surface area contributed by atoms with E-state index in [-0.39, 0.29) is 10.0 Å². The van der Waals surface area contributed by atoms with Crippen molar-refractivity contribution in [2.75, 3.05) is 25.5 Å². The molecule has 1 aliphatic rings. The molecule has 8 heteroatoms. The van der Waals surface area contributed by atoms with Gasteiger partial charge < -0.3 is 19.1 Å². The van der Waals surface area contributed by atoms with Gasteiger partial charge in [0.2, 0.25) is 0 Å². The summed E-state index contributed by atoms with van der Waals surface area (Å²) in [6.07, 6.45) is 4.97. The number of aryl methyl sites for hydroxylation is 2. The van der Waals surface area contributed by atoms with Gasteiger partial charge in [-0.15, -0.1) is 0 Å². The van der Waals surface area contributed by atoms with Gasteiger partial charge in [-0.25, -0.2) is 4.79 Å².